The van der Waals surface area contributed by atoms with Gasteiger partial charge in [-0.1, -0.05) is 17.7 Å². The van der Waals surface area contributed by atoms with Gasteiger partial charge in [-0.2, -0.15) is 0 Å². The van der Waals surface area contributed by atoms with Crippen molar-refractivity contribution in [1.82, 2.24) is 5.32 Å². The van der Waals surface area contributed by atoms with Crippen LogP contribution in [-0.4, -0.2) is 44.2 Å². The van der Waals surface area contributed by atoms with Gasteiger partial charge < -0.3 is 15.1 Å². The Balaban J connectivity index is 1.14. The topological polar surface area (TPSA) is 36.8 Å². The number of nitrogens with zero attached hydrogens (tertiary/aromatic N) is 1. The van der Waals surface area contributed by atoms with Crippen LogP contribution in [0.3, 0.4) is 0 Å². The Morgan fingerprint density at radius 2 is 1.74 bits per heavy atom. The van der Waals surface area contributed by atoms with Crippen LogP contribution < -0.4 is 15.1 Å². The van der Waals surface area contributed by atoms with E-state index in [9.17, 15) is 4.79 Å². The third-order valence-corrected chi connectivity index (χ3v) is 7.73. The Hall–Kier alpha value is -1.26. The number of benzene rings is 1. The molecule has 1 heterocycles. The second-order valence-corrected chi connectivity index (χ2v) is 10.1. The van der Waals surface area contributed by atoms with Crippen LogP contribution in [0, 0.1) is 17.8 Å². The van der Waals surface area contributed by atoms with Crippen molar-refractivity contribution >= 4 is 23.2 Å². The number of rotatable bonds is 4. The highest BCUT2D eigenvalue weighted by atomic mass is 35.5. The van der Waals surface area contributed by atoms with Crippen LogP contribution in [0.4, 0.5) is 5.69 Å². The highest BCUT2D eigenvalue weighted by Crippen LogP contribution is 2.55. The van der Waals surface area contributed by atoms with Gasteiger partial charge in [0.15, 0.2) is 6.54 Å². The molecule has 0 spiro atoms. The molecule has 5 heteroatoms. The molecule has 0 aromatic heterocycles. The maximum absolute atomic E-state index is 12.8. The van der Waals surface area contributed by atoms with Gasteiger partial charge >= 0.3 is 0 Å². The second-order valence-electron chi connectivity index (χ2n) is 9.64. The van der Waals surface area contributed by atoms with Gasteiger partial charge in [0.2, 0.25) is 0 Å². The van der Waals surface area contributed by atoms with Crippen LogP contribution in [0.25, 0.3) is 0 Å². The molecule has 0 atom stereocenters. The van der Waals surface area contributed by atoms with Crippen LogP contribution in [0.2, 0.25) is 5.02 Å². The molecular formula is C22H31ClN3O+. The Morgan fingerprint density at radius 1 is 1.11 bits per heavy atom. The van der Waals surface area contributed by atoms with E-state index in [0.29, 0.717) is 6.54 Å². The highest BCUT2D eigenvalue weighted by Gasteiger charge is 2.51. The summed E-state index contributed by atoms with van der Waals surface area (Å²) in [4.78, 5) is 16.6. The maximum atomic E-state index is 12.8. The molecule has 6 rings (SSSR count). The molecule has 5 aliphatic rings. The lowest BCUT2D eigenvalue weighted by Gasteiger charge is -2.56. The summed E-state index contributed by atoms with van der Waals surface area (Å²) in [6, 6.07) is 8.08. The number of carbonyl (C=O) groups excluding carboxylic acids is 1. The lowest BCUT2D eigenvalue weighted by molar-refractivity contribution is -0.892. The van der Waals surface area contributed by atoms with Gasteiger partial charge in [-0.15, -0.1) is 0 Å². The smallest absolute Gasteiger partial charge is 0.275 e. The van der Waals surface area contributed by atoms with E-state index in [4.69, 9.17) is 11.6 Å². The van der Waals surface area contributed by atoms with Gasteiger partial charge in [0, 0.05) is 16.2 Å². The molecule has 2 N–H and O–H groups in total. The predicted molar refractivity (Wildman–Crippen MR) is 108 cm³/mol. The number of halogens is 1. The molecule has 27 heavy (non-hydrogen) atoms. The number of carbonyl (C=O) groups is 1. The van der Waals surface area contributed by atoms with E-state index in [1.54, 1.807) is 0 Å². The summed E-state index contributed by atoms with van der Waals surface area (Å²) < 4.78 is 0. The number of hydrogen-bond acceptors (Lipinski definition) is 2. The molecule has 4 saturated carbocycles. The minimum Gasteiger partial charge on any atom is -0.360 e. The summed E-state index contributed by atoms with van der Waals surface area (Å²) in [5.41, 5.74) is 1.34. The number of hydrogen-bond donors (Lipinski definition) is 2. The van der Waals surface area contributed by atoms with E-state index in [2.05, 4.69) is 16.3 Å². The van der Waals surface area contributed by atoms with Gasteiger partial charge in [0.1, 0.15) is 0 Å². The van der Waals surface area contributed by atoms with Crippen molar-refractivity contribution in [3.05, 3.63) is 29.3 Å². The molecule has 1 amide bonds. The minimum atomic E-state index is 0.147. The average Bonchev–Trinajstić information content (AvgIpc) is 2.60. The van der Waals surface area contributed by atoms with Crippen LogP contribution >= 0.6 is 11.6 Å². The number of quaternary nitrogens is 1. The van der Waals surface area contributed by atoms with Crippen molar-refractivity contribution in [3.8, 4) is 0 Å². The van der Waals surface area contributed by atoms with E-state index in [1.807, 2.05) is 18.2 Å². The van der Waals surface area contributed by atoms with Crippen molar-refractivity contribution in [1.29, 1.82) is 0 Å². The first-order valence-electron chi connectivity index (χ1n) is 10.7. The number of piperazine rings is 1. The third-order valence-electron chi connectivity index (χ3n) is 7.50. The van der Waals surface area contributed by atoms with Gasteiger partial charge in [0.25, 0.3) is 5.91 Å². The summed E-state index contributed by atoms with van der Waals surface area (Å²) in [5.74, 6) is 2.92. The lowest BCUT2D eigenvalue weighted by Crippen LogP contribution is -3.16. The Bertz CT molecular complexity index is 678. The lowest BCUT2D eigenvalue weighted by atomic mass is 9.53. The fraction of sp³-hybridized carbons (Fsp3) is 0.682. The van der Waals surface area contributed by atoms with Crippen molar-refractivity contribution in [3.63, 3.8) is 0 Å². The molecule has 4 aliphatic carbocycles. The van der Waals surface area contributed by atoms with Crippen molar-refractivity contribution in [2.45, 2.75) is 44.1 Å². The monoisotopic (exact) mass is 388 g/mol. The first-order valence-corrected chi connectivity index (χ1v) is 11.1. The minimum absolute atomic E-state index is 0.147. The van der Waals surface area contributed by atoms with E-state index in [1.165, 1.54) is 49.1 Å². The van der Waals surface area contributed by atoms with E-state index >= 15 is 0 Å². The summed E-state index contributed by atoms with van der Waals surface area (Å²) in [7, 11) is 0. The molecule has 5 fully saturated rings. The largest absolute Gasteiger partial charge is 0.360 e. The summed E-state index contributed by atoms with van der Waals surface area (Å²) in [5, 5.41) is 4.32. The van der Waals surface area contributed by atoms with Crippen molar-refractivity contribution in [2.75, 3.05) is 37.6 Å². The number of anilines is 1. The molecule has 146 valence electrons. The summed E-state index contributed by atoms with van der Waals surface area (Å²) in [6.45, 7) is 4.63. The second kappa shape index (κ2) is 6.97. The maximum Gasteiger partial charge on any atom is 0.275 e. The molecule has 1 aromatic rings. The van der Waals surface area contributed by atoms with E-state index < -0.39 is 0 Å². The summed E-state index contributed by atoms with van der Waals surface area (Å²) >= 11 is 6.12. The fourth-order valence-electron chi connectivity index (χ4n) is 6.76. The number of nitrogens with one attached hydrogen (secondary N) is 2. The molecule has 1 saturated heterocycles. The first-order chi connectivity index (χ1) is 13.1. The molecule has 1 aromatic carbocycles. The highest BCUT2D eigenvalue weighted by molar-refractivity contribution is 6.30. The molecule has 4 bridgehead atoms. The van der Waals surface area contributed by atoms with Crippen molar-refractivity contribution in [2.24, 2.45) is 17.8 Å². The van der Waals surface area contributed by atoms with E-state index in [0.717, 1.165) is 49.0 Å². The third kappa shape index (κ3) is 3.71. The van der Waals surface area contributed by atoms with Gasteiger partial charge in [0.05, 0.1) is 26.2 Å². The van der Waals surface area contributed by atoms with E-state index in [-0.39, 0.29) is 11.4 Å². The zero-order chi connectivity index (χ0) is 18.4. The van der Waals surface area contributed by atoms with Gasteiger partial charge in [-0.05, 0) is 74.5 Å². The molecule has 4 nitrogen and oxygen atoms in total. The average molecular weight is 389 g/mol. The molecule has 1 aliphatic heterocycles. The Kier molecular flexibility index (Phi) is 4.60. The number of amides is 1. The molecular weight excluding hydrogens is 358 g/mol. The standard InChI is InChI=1S/C22H30ClN3O/c23-19-2-1-3-20(11-19)26-6-4-25(5-7-26)15-21(27)24-22-12-16-8-17(13-22)10-18(9-16)14-22/h1-3,11,16-18H,4-10,12-15H2,(H,24,27)/p+1. The van der Waals surface area contributed by atoms with Crippen LogP contribution in [0.15, 0.2) is 24.3 Å². The predicted octanol–water partition coefficient (Wildman–Crippen LogP) is 2.13. The normalized spacial score (nSPS) is 35.4. The quantitative estimate of drug-likeness (QED) is 0.829. The summed E-state index contributed by atoms with van der Waals surface area (Å²) in [6.07, 6.45) is 7.98. The molecule has 0 unspecified atom stereocenters. The van der Waals surface area contributed by atoms with Crippen LogP contribution in [-0.2, 0) is 4.79 Å². The first kappa shape index (κ1) is 17.8. The zero-order valence-electron chi connectivity index (χ0n) is 16.1. The fourth-order valence-corrected chi connectivity index (χ4v) is 6.95. The van der Waals surface area contributed by atoms with Crippen LogP contribution in [0.1, 0.15) is 38.5 Å². The molecule has 0 radical (unpaired) electrons. The van der Waals surface area contributed by atoms with Gasteiger partial charge in [-0.25, -0.2) is 0 Å². The Morgan fingerprint density at radius 3 is 2.33 bits per heavy atom. The van der Waals surface area contributed by atoms with Crippen LogP contribution in [0.5, 0.6) is 0 Å². The zero-order valence-corrected chi connectivity index (χ0v) is 16.8. The van der Waals surface area contributed by atoms with Crippen molar-refractivity contribution < 1.29 is 9.69 Å². The Labute approximate surface area is 167 Å². The SMILES string of the molecule is O=C(C[NH+]1CCN(c2cccc(Cl)c2)CC1)NC12CC3CC(CC(C3)C1)C2. The van der Waals surface area contributed by atoms with Gasteiger partial charge in [-0.3, -0.25) is 4.79 Å².